The van der Waals surface area contributed by atoms with E-state index in [0.717, 1.165) is 18.6 Å². The van der Waals surface area contributed by atoms with Gasteiger partial charge in [0.2, 0.25) is 5.91 Å². The van der Waals surface area contributed by atoms with Crippen LogP contribution in [0.15, 0.2) is 42.5 Å². The summed E-state index contributed by atoms with van der Waals surface area (Å²) in [4.78, 5) is 11.9. The Kier molecular flexibility index (Phi) is 4.20. The van der Waals surface area contributed by atoms with Crippen LogP contribution in [0.1, 0.15) is 12.8 Å². The third-order valence-corrected chi connectivity index (χ3v) is 3.67. The highest BCUT2D eigenvalue weighted by atomic mass is 35.5. The number of carbonyl (C=O) groups is 1. The van der Waals surface area contributed by atoms with E-state index in [9.17, 15) is 4.79 Å². The first-order valence-corrected chi connectivity index (χ1v) is 7.46. The first-order chi connectivity index (χ1) is 10.7. The van der Waals surface area contributed by atoms with Crippen LogP contribution in [0.4, 0.5) is 5.69 Å². The molecule has 0 radical (unpaired) electrons. The second-order valence-corrected chi connectivity index (χ2v) is 5.62. The van der Waals surface area contributed by atoms with Crippen molar-refractivity contribution in [3.05, 3.63) is 47.5 Å². The fourth-order valence-corrected chi connectivity index (χ4v) is 2.21. The summed E-state index contributed by atoms with van der Waals surface area (Å²) < 4.78 is 11.0. The maximum atomic E-state index is 11.9. The molecule has 1 aliphatic rings. The van der Waals surface area contributed by atoms with Crippen LogP contribution in [0, 0.1) is 5.92 Å². The van der Waals surface area contributed by atoms with E-state index >= 15 is 0 Å². The molecule has 0 saturated heterocycles. The lowest BCUT2D eigenvalue weighted by atomic mass is 10.2. The van der Waals surface area contributed by atoms with Crippen molar-refractivity contribution in [3.63, 3.8) is 0 Å². The molecule has 0 unspecified atom stereocenters. The normalized spacial score (nSPS) is 13.5. The molecular formula is C17H16ClNO3. The van der Waals surface area contributed by atoms with Crippen LogP contribution in [0.2, 0.25) is 5.02 Å². The zero-order valence-corrected chi connectivity index (χ0v) is 12.9. The molecule has 0 bridgehead atoms. The summed E-state index contributed by atoms with van der Waals surface area (Å²) in [6.45, 7) is 0. The molecular weight excluding hydrogens is 302 g/mol. The Bertz CT molecular complexity index is 681. The third kappa shape index (κ3) is 3.52. The fourth-order valence-electron chi connectivity index (χ4n) is 2.04. The molecule has 5 heteroatoms. The van der Waals surface area contributed by atoms with Crippen molar-refractivity contribution in [1.29, 1.82) is 0 Å². The van der Waals surface area contributed by atoms with Gasteiger partial charge >= 0.3 is 0 Å². The van der Waals surface area contributed by atoms with Gasteiger partial charge in [-0.25, -0.2) is 0 Å². The van der Waals surface area contributed by atoms with E-state index in [2.05, 4.69) is 5.32 Å². The topological polar surface area (TPSA) is 47.6 Å². The molecule has 2 aromatic carbocycles. The predicted octanol–water partition coefficient (Wildman–Crippen LogP) is 4.49. The van der Waals surface area contributed by atoms with Crippen LogP contribution in [-0.2, 0) is 4.79 Å². The number of nitrogens with one attached hydrogen (secondary N) is 1. The van der Waals surface area contributed by atoms with Gasteiger partial charge in [-0.2, -0.15) is 0 Å². The van der Waals surface area contributed by atoms with Crippen molar-refractivity contribution >= 4 is 23.2 Å². The molecule has 0 atom stereocenters. The van der Waals surface area contributed by atoms with Crippen molar-refractivity contribution < 1.29 is 14.3 Å². The lowest BCUT2D eigenvalue weighted by Crippen LogP contribution is -2.13. The van der Waals surface area contributed by atoms with Crippen LogP contribution in [0.3, 0.4) is 0 Å². The molecule has 1 aliphatic carbocycles. The third-order valence-electron chi connectivity index (χ3n) is 3.43. The van der Waals surface area contributed by atoms with Crippen molar-refractivity contribution in [2.24, 2.45) is 5.92 Å². The summed E-state index contributed by atoms with van der Waals surface area (Å²) in [5, 5.41) is 3.43. The van der Waals surface area contributed by atoms with Gasteiger partial charge in [-0.3, -0.25) is 4.79 Å². The summed E-state index contributed by atoms with van der Waals surface area (Å²) in [7, 11) is 1.61. The van der Waals surface area contributed by atoms with Crippen molar-refractivity contribution in [3.8, 4) is 17.2 Å². The maximum Gasteiger partial charge on any atom is 0.227 e. The highest BCUT2D eigenvalue weighted by Crippen LogP contribution is 2.35. The first-order valence-electron chi connectivity index (χ1n) is 7.08. The molecule has 0 aliphatic heterocycles. The lowest BCUT2D eigenvalue weighted by molar-refractivity contribution is -0.117. The molecule has 3 rings (SSSR count). The number of halogens is 1. The fraction of sp³-hybridized carbons (Fsp3) is 0.235. The highest BCUT2D eigenvalue weighted by molar-refractivity contribution is 6.31. The van der Waals surface area contributed by atoms with Gasteiger partial charge < -0.3 is 14.8 Å². The van der Waals surface area contributed by atoms with Crippen molar-refractivity contribution in [1.82, 2.24) is 0 Å². The number of methoxy groups -OCH3 is 1. The van der Waals surface area contributed by atoms with Crippen molar-refractivity contribution in [2.75, 3.05) is 12.4 Å². The Morgan fingerprint density at radius 1 is 1.14 bits per heavy atom. The summed E-state index contributed by atoms with van der Waals surface area (Å²) >= 11 is 6.01. The quantitative estimate of drug-likeness (QED) is 0.884. The number of anilines is 1. The smallest absolute Gasteiger partial charge is 0.227 e. The van der Waals surface area contributed by atoms with Gasteiger partial charge in [0.25, 0.3) is 0 Å². The Labute approximate surface area is 134 Å². The van der Waals surface area contributed by atoms with E-state index in [-0.39, 0.29) is 11.8 Å². The van der Waals surface area contributed by atoms with Gasteiger partial charge in [0.05, 0.1) is 12.8 Å². The number of rotatable bonds is 5. The Morgan fingerprint density at radius 3 is 2.45 bits per heavy atom. The van der Waals surface area contributed by atoms with Gasteiger partial charge in [-0.15, -0.1) is 0 Å². The minimum absolute atomic E-state index is 0.0156. The largest absolute Gasteiger partial charge is 0.497 e. The molecule has 1 N–H and O–H groups in total. The monoisotopic (exact) mass is 317 g/mol. The minimum Gasteiger partial charge on any atom is -0.497 e. The molecule has 0 aromatic heterocycles. The second kappa shape index (κ2) is 6.28. The van der Waals surface area contributed by atoms with Crippen LogP contribution in [0.25, 0.3) is 0 Å². The average molecular weight is 318 g/mol. The molecule has 1 amide bonds. The number of amides is 1. The first kappa shape index (κ1) is 14.7. The van der Waals surface area contributed by atoms with Gasteiger partial charge in [0.15, 0.2) is 5.75 Å². The van der Waals surface area contributed by atoms with E-state index in [1.807, 2.05) is 12.1 Å². The SMILES string of the molecule is COc1ccc(Oc2ccc(Cl)cc2NC(=O)C2CC2)cc1. The number of hydrogen-bond acceptors (Lipinski definition) is 3. The highest BCUT2D eigenvalue weighted by Gasteiger charge is 2.30. The Morgan fingerprint density at radius 2 is 1.82 bits per heavy atom. The molecule has 1 fully saturated rings. The zero-order chi connectivity index (χ0) is 15.5. The molecule has 1 saturated carbocycles. The van der Waals surface area contributed by atoms with E-state index in [0.29, 0.717) is 22.2 Å². The summed E-state index contributed by atoms with van der Waals surface area (Å²) in [6.07, 6.45) is 1.89. The lowest BCUT2D eigenvalue weighted by Gasteiger charge is -2.13. The van der Waals surface area contributed by atoms with Gasteiger partial charge in [-0.05, 0) is 55.3 Å². The number of carbonyl (C=O) groups excluding carboxylic acids is 1. The van der Waals surface area contributed by atoms with Crippen molar-refractivity contribution in [2.45, 2.75) is 12.8 Å². The molecule has 114 valence electrons. The second-order valence-electron chi connectivity index (χ2n) is 5.18. The van der Waals surface area contributed by atoms with E-state index in [1.165, 1.54) is 0 Å². The summed E-state index contributed by atoms with van der Waals surface area (Å²) in [6, 6.07) is 12.4. The van der Waals surface area contributed by atoms with E-state index in [4.69, 9.17) is 21.1 Å². The molecule has 2 aromatic rings. The van der Waals surface area contributed by atoms with Gasteiger partial charge in [-0.1, -0.05) is 11.6 Å². The average Bonchev–Trinajstić information content (AvgIpc) is 3.35. The van der Waals surface area contributed by atoms with Gasteiger partial charge in [0.1, 0.15) is 11.5 Å². The maximum absolute atomic E-state index is 11.9. The van der Waals surface area contributed by atoms with Crippen LogP contribution >= 0.6 is 11.6 Å². The number of benzene rings is 2. The number of hydrogen-bond donors (Lipinski definition) is 1. The number of ether oxygens (including phenoxy) is 2. The van der Waals surface area contributed by atoms with Crippen LogP contribution in [-0.4, -0.2) is 13.0 Å². The predicted molar refractivity (Wildman–Crippen MR) is 85.9 cm³/mol. The summed E-state index contributed by atoms with van der Waals surface area (Å²) in [5.74, 6) is 2.11. The Balaban J connectivity index is 1.80. The minimum atomic E-state index is 0.0156. The molecule has 4 nitrogen and oxygen atoms in total. The van der Waals surface area contributed by atoms with E-state index in [1.54, 1.807) is 37.4 Å². The molecule has 22 heavy (non-hydrogen) atoms. The van der Waals surface area contributed by atoms with Gasteiger partial charge in [0, 0.05) is 10.9 Å². The van der Waals surface area contributed by atoms with Crippen LogP contribution < -0.4 is 14.8 Å². The van der Waals surface area contributed by atoms with Crippen LogP contribution in [0.5, 0.6) is 17.2 Å². The van der Waals surface area contributed by atoms with E-state index < -0.39 is 0 Å². The Hall–Kier alpha value is -2.20. The zero-order valence-electron chi connectivity index (χ0n) is 12.1. The standard InChI is InChI=1S/C17H16ClNO3/c1-21-13-5-7-14(8-6-13)22-16-9-4-12(18)10-15(16)19-17(20)11-2-3-11/h4-11H,2-3H2,1H3,(H,19,20). The molecule has 0 heterocycles. The molecule has 0 spiro atoms. The summed E-state index contributed by atoms with van der Waals surface area (Å²) in [5.41, 5.74) is 0.584.